The molecule has 3 saturated carbocycles. The molecule has 0 atom stereocenters. The molecule has 0 aliphatic heterocycles. The fourth-order valence-electron chi connectivity index (χ4n) is 4.84. The summed E-state index contributed by atoms with van der Waals surface area (Å²) in [5.41, 5.74) is 0. The Morgan fingerprint density at radius 2 is 1.05 bits per heavy atom. The Kier molecular flexibility index (Phi) is 6.03. The van der Waals surface area contributed by atoms with Crippen LogP contribution >= 0.6 is 0 Å². The zero-order chi connectivity index (χ0) is 15.2. The topological polar surface area (TPSA) is 32.3 Å². The molecule has 2 amide bonds. The van der Waals surface area contributed by atoms with Gasteiger partial charge in [-0.2, -0.15) is 0 Å². The van der Waals surface area contributed by atoms with Crippen LogP contribution in [0.3, 0.4) is 0 Å². The van der Waals surface area contributed by atoms with E-state index in [0.717, 1.165) is 0 Å². The molecule has 0 spiro atoms. The van der Waals surface area contributed by atoms with Crippen molar-refractivity contribution < 1.29 is 4.79 Å². The van der Waals surface area contributed by atoms with Gasteiger partial charge < -0.3 is 10.2 Å². The summed E-state index contributed by atoms with van der Waals surface area (Å²) in [5, 5.41) is 3.40. The predicted octanol–water partition coefficient (Wildman–Crippen LogP) is 5.00. The molecule has 1 N–H and O–H groups in total. The van der Waals surface area contributed by atoms with Crippen molar-refractivity contribution in [1.29, 1.82) is 0 Å². The molecule has 3 rings (SSSR count). The first-order valence-corrected chi connectivity index (χ1v) is 9.93. The van der Waals surface area contributed by atoms with Crippen LogP contribution in [0.1, 0.15) is 96.3 Å². The van der Waals surface area contributed by atoms with E-state index in [4.69, 9.17) is 0 Å². The minimum Gasteiger partial charge on any atom is -0.335 e. The van der Waals surface area contributed by atoms with E-state index in [2.05, 4.69) is 10.2 Å². The van der Waals surface area contributed by atoms with E-state index in [-0.39, 0.29) is 6.03 Å². The highest BCUT2D eigenvalue weighted by molar-refractivity contribution is 5.75. The van der Waals surface area contributed by atoms with Gasteiger partial charge in [-0.1, -0.05) is 57.8 Å². The summed E-state index contributed by atoms with van der Waals surface area (Å²) in [6, 6.07) is 1.74. The second-order valence-corrected chi connectivity index (χ2v) is 7.78. The quantitative estimate of drug-likeness (QED) is 0.782. The number of amides is 2. The molecule has 0 saturated heterocycles. The molecule has 0 aromatic heterocycles. The van der Waals surface area contributed by atoms with Gasteiger partial charge >= 0.3 is 6.03 Å². The number of carbonyl (C=O) groups is 1. The fourth-order valence-corrected chi connectivity index (χ4v) is 4.84. The van der Waals surface area contributed by atoms with Crippen molar-refractivity contribution in [2.24, 2.45) is 0 Å². The molecule has 3 aliphatic rings. The molecule has 0 radical (unpaired) electrons. The summed E-state index contributed by atoms with van der Waals surface area (Å²) in [6.45, 7) is 0. The van der Waals surface area contributed by atoms with E-state index in [1.54, 1.807) is 0 Å². The van der Waals surface area contributed by atoms with Gasteiger partial charge in [0.05, 0.1) is 0 Å². The number of urea groups is 1. The first kappa shape index (κ1) is 16.1. The summed E-state index contributed by atoms with van der Waals surface area (Å²) in [4.78, 5) is 15.3. The van der Waals surface area contributed by atoms with E-state index in [0.29, 0.717) is 18.1 Å². The maximum absolute atomic E-state index is 13.0. The lowest BCUT2D eigenvalue weighted by Crippen LogP contribution is -2.54. The molecule has 0 aromatic carbocycles. The van der Waals surface area contributed by atoms with Crippen LogP contribution < -0.4 is 5.32 Å². The summed E-state index contributed by atoms with van der Waals surface area (Å²) in [5.74, 6) is 0. The van der Waals surface area contributed by atoms with Gasteiger partial charge in [0.2, 0.25) is 0 Å². The lowest BCUT2D eigenvalue weighted by molar-refractivity contribution is 0.101. The zero-order valence-electron chi connectivity index (χ0n) is 14.2. The number of nitrogens with zero attached hydrogens (tertiary/aromatic N) is 1. The van der Waals surface area contributed by atoms with Crippen LogP contribution in [0.25, 0.3) is 0 Å². The van der Waals surface area contributed by atoms with E-state index in [1.807, 2.05) is 0 Å². The van der Waals surface area contributed by atoms with Crippen molar-refractivity contribution in [3.63, 3.8) is 0 Å². The van der Waals surface area contributed by atoms with Gasteiger partial charge in [0.1, 0.15) is 0 Å². The Labute approximate surface area is 136 Å². The Morgan fingerprint density at radius 3 is 1.50 bits per heavy atom. The second-order valence-electron chi connectivity index (χ2n) is 7.78. The minimum atomic E-state index is 0.269. The molecule has 3 aliphatic carbocycles. The molecule has 0 aromatic rings. The Morgan fingerprint density at radius 1 is 0.636 bits per heavy atom. The highest BCUT2D eigenvalue weighted by Crippen LogP contribution is 2.30. The molecule has 3 fully saturated rings. The second kappa shape index (κ2) is 8.21. The van der Waals surface area contributed by atoms with Crippen LogP contribution in [0.4, 0.5) is 4.79 Å². The number of rotatable bonds is 3. The van der Waals surface area contributed by atoms with E-state index in [1.165, 1.54) is 96.3 Å². The zero-order valence-corrected chi connectivity index (χ0v) is 14.2. The molecule has 22 heavy (non-hydrogen) atoms. The third-order valence-electron chi connectivity index (χ3n) is 6.10. The van der Waals surface area contributed by atoms with Gasteiger partial charge in [-0.3, -0.25) is 0 Å². The third kappa shape index (κ3) is 4.17. The summed E-state index contributed by atoms with van der Waals surface area (Å²) in [6.07, 6.45) is 19.2. The molecule has 0 heterocycles. The van der Waals surface area contributed by atoms with Crippen LogP contribution in [0.5, 0.6) is 0 Å². The first-order valence-electron chi connectivity index (χ1n) is 9.93. The first-order chi connectivity index (χ1) is 10.8. The smallest absolute Gasteiger partial charge is 0.318 e. The number of hydrogen-bond donors (Lipinski definition) is 1. The van der Waals surface area contributed by atoms with Crippen LogP contribution in [-0.4, -0.2) is 29.1 Å². The van der Waals surface area contributed by atoms with Crippen molar-refractivity contribution in [3.05, 3.63) is 0 Å². The van der Waals surface area contributed by atoms with E-state index < -0.39 is 0 Å². The van der Waals surface area contributed by atoms with Crippen LogP contribution in [-0.2, 0) is 0 Å². The maximum atomic E-state index is 13.0. The Bertz CT molecular complexity index is 321. The highest BCUT2D eigenvalue weighted by atomic mass is 16.2. The molecule has 3 nitrogen and oxygen atoms in total. The summed E-state index contributed by atoms with van der Waals surface area (Å²) in [7, 11) is 0. The van der Waals surface area contributed by atoms with Crippen molar-refractivity contribution in [3.8, 4) is 0 Å². The third-order valence-corrected chi connectivity index (χ3v) is 6.10. The molecular formula is C19H34N2O. The van der Waals surface area contributed by atoms with Crippen molar-refractivity contribution in [2.45, 2.75) is 114 Å². The fraction of sp³-hybridized carbons (Fsp3) is 0.947. The monoisotopic (exact) mass is 306 g/mol. The van der Waals surface area contributed by atoms with Gasteiger partial charge in [0, 0.05) is 18.1 Å². The molecule has 126 valence electrons. The maximum Gasteiger partial charge on any atom is 0.318 e. The average molecular weight is 306 g/mol. The van der Waals surface area contributed by atoms with E-state index in [9.17, 15) is 4.79 Å². The minimum absolute atomic E-state index is 0.269. The Hall–Kier alpha value is -0.730. The van der Waals surface area contributed by atoms with Crippen LogP contribution in [0, 0.1) is 0 Å². The summed E-state index contributed by atoms with van der Waals surface area (Å²) < 4.78 is 0. The van der Waals surface area contributed by atoms with Gasteiger partial charge in [-0.25, -0.2) is 4.79 Å². The largest absolute Gasteiger partial charge is 0.335 e. The number of nitrogens with one attached hydrogen (secondary N) is 1. The van der Waals surface area contributed by atoms with Crippen molar-refractivity contribution in [2.75, 3.05) is 0 Å². The van der Waals surface area contributed by atoms with Gasteiger partial charge in [0.25, 0.3) is 0 Å². The lowest BCUT2D eigenvalue weighted by atomic mass is 9.89. The summed E-state index contributed by atoms with van der Waals surface area (Å²) >= 11 is 0. The van der Waals surface area contributed by atoms with Crippen LogP contribution in [0.15, 0.2) is 0 Å². The van der Waals surface area contributed by atoms with E-state index >= 15 is 0 Å². The normalized spacial score (nSPS) is 25.8. The number of hydrogen-bond acceptors (Lipinski definition) is 1. The lowest BCUT2D eigenvalue weighted by Gasteiger charge is -2.42. The standard InChI is InChI=1S/C19H34N2O/c22-19(20-16-10-4-1-5-11-16)21(17-12-6-2-7-13-17)18-14-8-3-9-15-18/h16-18H,1-15H2,(H,20,22). The molecule has 3 heteroatoms. The van der Waals surface area contributed by atoms with Crippen molar-refractivity contribution in [1.82, 2.24) is 10.2 Å². The molecule has 0 bridgehead atoms. The molecular weight excluding hydrogens is 272 g/mol. The predicted molar refractivity (Wildman–Crippen MR) is 91.0 cm³/mol. The average Bonchev–Trinajstić information content (AvgIpc) is 2.58. The van der Waals surface area contributed by atoms with Crippen molar-refractivity contribution >= 4 is 6.03 Å². The van der Waals surface area contributed by atoms with Gasteiger partial charge in [0.15, 0.2) is 0 Å². The Balaban J connectivity index is 1.64. The SMILES string of the molecule is O=C(NC1CCCCC1)N(C1CCCCC1)C1CCCCC1. The van der Waals surface area contributed by atoms with Gasteiger partial charge in [-0.15, -0.1) is 0 Å². The van der Waals surface area contributed by atoms with Crippen LogP contribution in [0.2, 0.25) is 0 Å². The number of carbonyl (C=O) groups excluding carboxylic acids is 1. The highest BCUT2D eigenvalue weighted by Gasteiger charge is 2.33. The van der Waals surface area contributed by atoms with Gasteiger partial charge in [-0.05, 0) is 38.5 Å². The molecule has 0 unspecified atom stereocenters.